The lowest BCUT2D eigenvalue weighted by molar-refractivity contribution is -0.121. The molecule has 0 aliphatic carbocycles. The van der Waals surface area contributed by atoms with Crippen LogP contribution in [0, 0.1) is 0 Å². The largest absolute Gasteiger partial charge is 0.322 e. The summed E-state index contributed by atoms with van der Waals surface area (Å²) in [5.74, 6) is -0.462. The lowest BCUT2D eigenvalue weighted by Crippen LogP contribution is -2.36. The van der Waals surface area contributed by atoms with E-state index in [9.17, 15) is 9.59 Å². The molecule has 4 nitrogen and oxygen atoms in total. The number of fused-ring (bicyclic) bond motifs is 1. The minimum absolute atomic E-state index is 0.199. The zero-order chi connectivity index (χ0) is 17.1. The third-order valence-corrected chi connectivity index (χ3v) is 4.33. The smallest absolute Gasteiger partial charge is 0.274 e. The molecule has 0 unspecified atom stereocenters. The fourth-order valence-electron chi connectivity index (χ4n) is 2.78. The van der Waals surface area contributed by atoms with E-state index in [1.54, 1.807) is 11.0 Å². The highest BCUT2D eigenvalue weighted by atomic mass is 79.9. The summed E-state index contributed by atoms with van der Waals surface area (Å²) >= 11 is 3.46. The molecule has 0 spiro atoms. The molecular weight excluding hydrogens is 368 g/mol. The first kappa shape index (κ1) is 16.5. The molecule has 2 aromatic rings. The molecule has 0 saturated carbocycles. The first-order valence-corrected chi connectivity index (χ1v) is 8.48. The van der Waals surface area contributed by atoms with Crippen LogP contribution in [-0.2, 0) is 16.0 Å². The summed E-state index contributed by atoms with van der Waals surface area (Å²) in [5, 5.41) is 2.67. The maximum absolute atomic E-state index is 13.0. The number of halogens is 1. The normalized spacial score (nSPS) is 13.6. The molecule has 0 aromatic heterocycles. The molecular formula is C19H17BrN2O2. The van der Waals surface area contributed by atoms with Crippen LogP contribution in [0.4, 0.5) is 5.69 Å². The van der Waals surface area contributed by atoms with Gasteiger partial charge in [0, 0.05) is 23.6 Å². The van der Waals surface area contributed by atoms with Gasteiger partial charge in [0.2, 0.25) is 5.91 Å². The third-order valence-electron chi connectivity index (χ3n) is 3.83. The van der Waals surface area contributed by atoms with E-state index < -0.39 is 0 Å². The molecule has 1 N–H and O–H groups in total. The Bertz CT molecular complexity index is 815. The number of anilines is 1. The van der Waals surface area contributed by atoms with Crippen molar-refractivity contribution in [3.63, 3.8) is 0 Å². The molecule has 5 heteroatoms. The fraction of sp³-hybridized carbons (Fsp3) is 0.158. The number of nitrogens with zero attached hydrogens (tertiary/aromatic N) is 1. The number of hydrogen-bond acceptors (Lipinski definition) is 2. The number of carbonyl (C=O) groups is 2. The molecule has 2 amide bonds. The van der Waals surface area contributed by atoms with Crippen LogP contribution >= 0.6 is 15.9 Å². The lowest BCUT2D eigenvalue weighted by atomic mass is 10.1. The number of rotatable bonds is 3. The summed E-state index contributed by atoms with van der Waals surface area (Å²) in [5.41, 5.74) is 3.17. The topological polar surface area (TPSA) is 49.4 Å². The van der Waals surface area contributed by atoms with Crippen molar-refractivity contribution in [2.24, 2.45) is 0 Å². The zero-order valence-corrected chi connectivity index (χ0v) is 14.8. The number of amides is 2. The van der Waals surface area contributed by atoms with Gasteiger partial charge in [0.1, 0.15) is 5.70 Å². The van der Waals surface area contributed by atoms with Crippen molar-refractivity contribution in [1.82, 2.24) is 5.32 Å². The van der Waals surface area contributed by atoms with Crippen LogP contribution in [0.15, 0.2) is 58.7 Å². The monoisotopic (exact) mass is 384 g/mol. The van der Waals surface area contributed by atoms with Gasteiger partial charge in [-0.3, -0.25) is 9.59 Å². The van der Waals surface area contributed by atoms with E-state index in [1.165, 1.54) is 6.92 Å². The summed E-state index contributed by atoms with van der Waals surface area (Å²) in [7, 11) is 0. The van der Waals surface area contributed by atoms with E-state index in [-0.39, 0.29) is 17.5 Å². The van der Waals surface area contributed by atoms with Gasteiger partial charge in [0.25, 0.3) is 5.91 Å². The maximum atomic E-state index is 13.0. The van der Waals surface area contributed by atoms with Gasteiger partial charge in [0.15, 0.2) is 0 Å². The van der Waals surface area contributed by atoms with Gasteiger partial charge in [-0.15, -0.1) is 0 Å². The van der Waals surface area contributed by atoms with E-state index in [2.05, 4.69) is 21.2 Å². The Kier molecular flexibility index (Phi) is 4.81. The first-order chi connectivity index (χ1) is 11.5. The molecule has 2 aromatic carbocycles. The Morgan fingerprint density at radius 2 is 1.92 bits per heavy atom. The van der Waals surface area contributed by atoms with E-state index >= 15 is 0 Å². The fourth-order valence-corrected chi connectivity index (χ4v) is 3.19. The van der Waals surface area contributed by atoms with Gasteiger partial charge in [-0.05, 0) is 41.8 Å². The number of nitrogens with one attached hydrogen (secondary N) is 1. The summed E-state index contributed by atoms with van der Waals surface area (Å²) in [6.07, 6.45) is 2.51. The van der Waals surface area contributed by atoms with Crippen molar-refractivity contribution in [1.29, 1.82) is 0 Å². The average molecular weight is 385 g/mol. The van der Waals surface area contributed by atoms with Gasteiger partial charge in [0.05, 0.1) is 0 Å². The Balaban J connectivity index is 1.93. The van der Waals surface area contributed by atoms with Gasteiger partial charge in [-0.1, -0.05) is 46.3 Å². The Morgan fingerprint density at radius 3 is 2.62 bits per heavy atom. The Morgan fingerprint density at radius 1 is 1.17 bits per heavy atom. The highest BCUT2D eigenvalue weighted by Crippen LogP contribution is 2.31. The number of hydrogen-bond donors (Lipinski definition) is 1. The number of benzene rings is 2. The zero-order valence-electron chi connectivity index (χ0n) is 13.3. The summed E-state index contributed by atoms with van der Waals surface area (Å²) in [6.45, 7) is 2.01. The Labute approximate surface area is 149 Å². The predicted molar refractivity (Wildman–Crippen MR) is 98.4 cm³/mol. The molecule has 1 aliphatic rings. The highest BCUT2D eigenvalue weighted by molar-refractivity contribution is 9.10. The van der Waals surface area contributed by atoms with E-state index in [1.807, 2.05) is 48.5 Å². The van der Waals surface area contributed by atoms with Gasteiger partial charge >= 0.3 is 0 Å². The van der Waals surface area contributed by atoms with Crippen LogP contribution < -0.4 is 10.2 Å². The minimum Gasteiger partial charge on any atom is -0.322 e. The molecule has 122 valence electrons. The van der Waals surface area contributed by atoms with Crippen molar-refractivity contribution in [2.45, 2.75) is 13.3 Å². The van der Waals surface area contributed by atoms with Crippen molar-refractivity contribution in [2.75, 3.05) is 11.4 Å². The second-order valence-corrected chi connectivity index (χ2v) is 6.55. The molecule has 1 aliphatic heterocycles. The molecule has 0 radical (unpaired) electrons. The van der Waals surface area contributed by atoms with Crippen LogP contribution in [0.3, 0.4) is 0 Å². The molecule has 0 fully saturated rings. The van der Waals surface area contributed by atoms with Gasteiger partial charge < -0.3 is 10.2 Å². The maximum Gasteiger partial charge on any atom is 0.274 e. The van der Waals surface area contributed by atoms with Crippen molar-refractivity contribution in [3.05, 3.63) is 69.8 Å². The first-order valence-electron chi connectivity index (χ1n) is 7.69. The standard InChI is InChI=1S/C19H17BrN2O2/c1-13(23)21-17(11-14-5-3-2-4-6-14)19(24)22-10-9-15-12-16(20)7-8-18(15)22/h2-8,11-12H,9-10H2,1H3,(H,21,23)/b17-11-. The molecule has 0 bridgehead atoms. The van der Waals surface area contributed by atoms with Crippen LogP contribution in [0.1, 0.15) is 18.1 Å². The van der Waals surface area contributed by atoms with Gasteiger partial charge in [-0.25, -0.2) is 0 Å². The van der Waals surface area contributed by atoms with Crippen molar-refractivity contribution in [3.8, 4) is 0 Å². The average Bonchev–Trinajstić information content (AvgIpc) is 2.97. The molecule has 24 heavy (non-hydrogen) atoms. The SMILES string of the molecule is CC(=O)N/C(=C\c1ccccc1)C(=O)N1CCc2cc(Br)ccc21. The quantitative estimate of drug-likeness (QED) is 0.823. The van der Waals surface area contributed by atoms with Crippen LogP contribution in [0.5, 0.6) is 0 Å². The second-order valence-electron chi connectivity index (χ2n) is 5.63. The third kappa shape index (κ3) is 3.57. The van der Waals surface area contributed by atoms with Crippen LogP contribution in [-0.4, -0.2) is 18.4 Å². The van der Waals surface area contributed by atoms with Crippen LogP contribution in [0.2, 0.25) is 0 Å². The summed E-state index contributed by atoms with van der Waals surface area (Å²) in [4.78, 5) is 26.2. The molecule has 1 heterocycles. The van der Waals surface area contributed by atoms with E-state index in [0.717, 1.165) is 27.7 Å². The summed E-state index contributed by atoms with van der Waals surface area (Å²) in [6, 6.07) is 15.4. The minimum atomic E-state index is -0.263. The second kappa shape index (κ2) is 7.01. The highest BCUT2D eigenvalue weighted by Gasteiger charge is 2.27. The van der Waals surface area contributed by atoms with Crippen molar-refractivity contribution < 1.29 is 9.59 Å². The lowest BCUT2D eigenvalue weighted by Gasteiger charge is -2.19. The molecule has 3 rings (SSSR count). The number of carbonyl (C=O) groups excluding carboxylic acids is 2. The van der Waals surface area contributed by atoms with Crippen molar-refractivity contribution >= 4 is 39.5 Å². The predicted octanol–water partition coefficient (Wildman–Crippen LogP) is 3.52. The Hall–Kier alpha value is -2.40. The van der Waals surface area contributed by atoms with Crippen LogP contribution in [0.25, 0.3) is 6.08 Å². The van der Waals surface area contributed by atoms with E-state index in [4.69, 9.17) is 0 Å². The van der Waals surface area contributed by atoms with E-state index in [0.29, 0.717) is 6.54 Å². The molecule has 0 atom stereocenters. The molecule has 0 saturated heterocycles. The summed E-state index contributed by atoms with van der Waals surface area (Å²) < 4.78 is 0.998. The van der Waals surface area contributed by atoms with Gasteiger partial charge in [-0.2, -0.15) is 0 Å².